The lowest BCUT2D eigenvalue weighted by molar-refractivity contribution is -0.131. The number of anilines is 1. The van der Waals surface area contributed by atoms with Crippen molar-refractivity contribution in [1.29, 1.82) is 0 Å². The first-order chi connectivity index (χ1) is 12.1. The Balaban J connectivity index is 2.56. The second kappa shape index (κ2) is 7.11. The van der Waals surface area contributed by atoms with Crippen LogP contribution in [0, 0.1) is 19.7 Å². The number of carbonyl (C=O) groups is 3. The van der Waals surface area contributed by atoms with E-state index in [1.807, 2.05) is 0 Å². The molecule has 26 heavy (non-hydrogen) atoms. The number of carbonyl (C=O) groups excluding carboxylic acids is 2. The van der Waals surface area contributed by atoms with Crippen LogP contribution >= 0.6 is 0 Å². The molecule has 2 N–H and O–H groups in total. The topological polar surface area (TPSA) is 88.4 Å². The van der Waals surface area contributed by atoms with Crippen LogP contribution in [-0.4, -0.2) is 27.3 Å². The summed E-state index contributed by atoms with van der Waals surface area (Å²) in [6.45, 7) is 6.80. The molecule has 0 unspecified atom stereocenters. The summed E-state index contributed by atoms with van der Waals surface area (Å²) < 4.78 is 14.8. The number of Topliss-reactive ketones (excluding diaryl/α,β-unsaturated/α-hetero) is 1. The Labute approximate surface area is 150 Å². The molecule has 0 aliphatic rings. The van der Waals surface area contributed by atoms with E-state index in [9.17, 15) is 18.8 Å². The lowest BCUT2D eigenvalue weighted by Gasteiger charge is -2.11. The van der Waals surface area contributed by atoms with Gasteiger partial charge in [-0.25, -0.2) is 9.18 Å². The van der Waals surface area contributed by atoms with Gasteiger partial charge in [-0.1, -0.05) is 13.8 Å². The van der Waals surface area contributed by atoms with Gasteiger partial charge in [0.15, 0.2) is 0 Å². The molecular weight excluding hydrogens is 339 g/mol. The van der Waals surface area contributed by atoms with Gasteiger partial charge in [0.05, 0.1) is 5.56 Å². The summed E-state index contributed by atoms with van der Waals surface area (Å²) >= 11 is 0. The molecular formula is C19H21FN2O4. The molecule has 1 aromatic carbocycles. The molecule has 0 atom stereocenters. The molecule has 138 valence electrons. The predicted octanol–water partition coefficient (Wildman–Crippen LogP) is 3.42. The second-order valence-corrected chi connectivity index (χ2v) is 6.49. The highest BCUT2D eigenvalue weighted by Crippen LogP contribution is 2.30. The lowest BCUT2D eigenvalue weighted by atomic mass is 9.95. The largest absolute Gasteiger partial charge is 0.475 e. The van der Waals surface area contributed by atoms with Crippen molar-refractivity contribution in [2.75, 3.05) is 5.32 Å². The van der Waals surface area contributed by atoms with Crippen molar-refractivity contribution >= 4 is 23.3 Å². The Bertz CT molecular complexity index is 913. The van der Waals surface area contributed by atoms with E-state index < -0.39 is 17.7 Å². The second-order valence-electron chi connectivity index (χ2n) is 6.49. The van der Waals surface area contributed by atoms with Crippen molar-refractivity contribution in [1.82, 2.24) is 4.57 Å². The maximum atomic E-state index is 13.4. The third-order valence-corrected chi connectivity index (χ3v) is 4.35. The highest BCUT2D eigenvalue weighted by Gasteiger charge is 2.31. The van der Waals surface area contributed by atoms with E-state index in [4.69, 9.17) is 5.11 Å². The maximum absolute atomic E-state index is 13.4. The summed E-state index contributed by atoms with van der Waals surface area (Å²) in [6, 6.07) is 4.20. The van der Waals surface area contributed by atoms with Gasteiger partial charge < -0.3 is 15.0 Å². The van der Waals surface area contributed by atoms with Crippen molar-refractivity contribution in [2.24, 2.45) is 7.05 Å². The van der Waals surface area contributed by atoms with Crippen LogP contribution in [0.3, 0.4) is 0 Å². The number of halogens is 1. The number of ketones is 1. The van der Waals surface area contributed by atoms with Crippen LogP contribution in [0.15, 0.2) is 18.2 Å². The number of nitrogens with one attached hydrogen (secondary N) is 1. The molecule has 0 radical (unpaired) electrons. The third-order valence-electron chi connectivity index (χ3n) is 4.35. The third kappa shape index (κ3) is 3.37. The zero-order chi connectivity index (χ0) is 19.8. The summed E-state index contributed by atoms with van der Waals surface area (Å²) in [5.41, 5.74) is 1.92. The molecule has 0 spiro atoms. The molecule has 7 heteroatoms. The number of nitrogens with zero attached hydrogens (tertiary/aromatic N) is 1. The Hall–Kier alpha value is -2.96. The fraction of sp³-hybridized carbons (Fsp3) is 0.316. The first-order valence-electron chi connectivity index (χ1n) is 8.10. The van der Waals surface area contributed by atoms with Gasteiger partial charge in [0.1, 0.15) is 11.5 Å². The summed E-state index contributed by atoms with van der Waals surface area (Å²) in [5, 5.41) is 11.8. The number of aryl methyl sites for hydroxylation is 1. The number of hydrogen-bond acceptors (Lipinski definition) is 3. The first-order valence-corrected chi connectivity index (χ1v) is 8.10. The zero-order valence-electron chi connectivity index (χ0n) is 15.3. The number of carboxylic acid groups (broad SMARTS) is 1. The molecule has 0 aliphatic carbocycles. The fourth-order valence-electron chi connectivity index (χ4n) is 2.97. The minimum Gasteiger partial charge on any atom is -0.475 e. The van der Waals surface area contributed by atoms with E-state index in [-0.39, 0.29) is 23.0 Å². The molecule has 0 saturated heterocycles. The molecule has 0 fully saturated rings. The molecule has 1 aromatic heterocycles. The number of aliphatic carboxylic acids is 1. The standard InChI is InChI=1S/C19H21FN2O4/c1-9(2)14-15(11(4)22(5)16(14)17(23)19(25)26)18(24)21-12-6-7-13(20)10(3)8-12/h6-9H,1-5H3,(H,21,24)(H,25,26). The van der Waals surface area contributed by atoms with E-state index in [0.717, 1.165) is 0 Å². The van der Waals surface area contributed by atoms with Gasteiger partial charge in [-0.05, 0) is 49.1 Å². The maximum Gasteiger partial charge on any atom is 0.378 e. The molecule has 1 heterocycles. The average molecular weight is 360 g/mol. The van der Waals surface area contributed by atoms with Gasteiger partial charge in [-0.2, -0.15) is 0 Å². The monoisotopic (exact) mass is 360 g/mol. The predicted molar refractivity (Wildman–Crippen MR) is 95.3 cm³/mol. The van der Waals surface area contributed by atoms with E-state index >= 15 is 0 Å². The Kier molecular flexibility index (Phi) is 5.30. The molecule has 0 bridgehead atoms. The summed E-state index contributed by atoms with van der Waals surface area (Å²) in [5.74, 6) is -3.73. The van der Waals surface area contributed by atoms with Crippen LogP contribution in [0.4, 0.5) is 10.1 Å². The quantitative estimate of drug-likeness (QED) is 0.632. The highest BCUT2D eigenvalue weighted by atomic mass is 19.1. The number of rotatable bonds is 5. The van der Waals surface area contributed by atoms with Gasteiger partial charge in [0, 0.05) is 18.4 Å². The number of hydrogen-bond donors (Lipinski definition) is 2. The Morgan fingerprint density at radius 1 is 1.19 bits per heavy atom. The minimum absolute atomic E-state index is 0.00885. The van der Waals surface area contributed by atoms with E-state index in [1.54, 1.807) is 34.7 Å². The summed E-state index contributed by atoms with van der Waals surface area (Å²) in [6.07, 6.45) is 0. The number of amides is 1. The van der Waals surface area contributed by atoms with Crippen LogP contribution in [0.2, 0.25) is 0 Å². The van der Waals surface area contributed by atoms with Crippen molar-refractivity contribution in [3.05, 3.63) is 52.1 Å². The molecule has 0 aliphatic heterocycles. The van der Waals surface area contributed by atoms with Crippen molar-refractivity contribution in [3.63, 3.8) is 0 Å². The Morgan fingerprint density at radius 3 is 2.31 bits per heavy atom. The van der Waals surface area contributed by atoms with Gasteiger partial charge >= 0.3 is 5.97 Å². The van der Waals surface area contributed by atoms with Gasteiger partial charge in [-0.3, -0.25) is 9.59 Å². The first kappa shape index (κ1) is 19.4. The van der Waals surface area contributed by atoms with Gasteiger partial charge in [-0.15, -0.1) is 0 Å². The minimum atomic E-state index is -1.58. The zero-order valence-corrected chi connectivity index (χ0v) is 15.3. The van der Waals surface area contributed by atoms with Crippen LogP contribution in [0.5, 0.6) is 0 Å². The molecule has 2 aromatic rings. The smallest absolute Gasteiger partial charge is 0.378 e. The molecule has 1 amide bonds. The molecule has 2 rings (SSSR count). The number of benzene rings is 1. The average Bonchev–Trinajstić information content (AvgIpc) is 2.82. The van der Waals surface area contributed by atoms with Gasteiger partial charge in [0.2, 0.25) is 0 Å². The number of aromatic nitrogens is 1. The van der Waals surface area contributed by atoms with E-state index in [1.165, 1.54) is 22.8 Å². The molecule has 6 nitrogen and oxygen atoms in total. The van der Waals surface area contributed by atoms with Crippen molar-refractivity contribution in [2.45, 2.75) is 33.6 Å². The van der Waals surface area contributed by atoms with Crippen LogP contribution in [0.25, 0.3) is 0 Å². The normalized spacial score (nSPS) is 10.9. The summed E-state index contributed by atoms with van der Waals surface area (Å²) in [4.78, 5) is 36.1. The molecule has 0 saturated carbocycles. The van der Waals surface area contributed by atoms with Crippen LogP contribution in [-0.2, 0) is 11.8 Å². The Morgan fingerprint density at radius 2 is 1.81 bits per heavy atom. The van der Waals surface area contributed by atoms with Crippen LogP contribution < -0.4 is 5.32 Å². The lowest BCUT2D eigenvalue weighted by Crippen LogP contribution is -2.19. The highest BCUT2D eigenvalue weighted by molar-refractivity contribution is 6.40. The van der Waals surface area contributed by atoms with E-state index in [0.29, 0.717) is 22.5 Å². The number of carboxylic acids is 1. The van der Waals surface area contributed by atoms with Crippen molar-refractivity contribution < 1.29 is 23.9 Å². The summed E-state index contributed by atoms with van der Waals surface area (Å²) in [7, 11) is 1.55. The van der Waals surface area contributed by atoms with Gasteiger partial charge in [0.25, 0.3) is 11.7 Å². The van der Waals surface area contributed by atoms with Crippen molar-refractivity contribution in [3.8, 4) is 0 Å². The SMILES string of the molecule is Cc1cc(NC(=O)c2c(C(C)C)c(C(=O)C(=O)O)n(C)c2C)ccc1F. The fourth-order valence-corrected chi connectivity index (χ4v) is 2.97. The van der Waals surface area contributed by atoms with E-state index in [2.05, 4.69) is 5.32 Å². The van der Waals surface area contributed by atoms with Crippen LogP contribution in [0.1, 0.15) is 57.4 Å².